The molecule has 1 saturated heterocycles. The van der Waals surface area contributed by atoms with Crippen molar-refractivity contribution >= 4 is 21.9 Å². The maximum Gasteiger partial charge on any atom is 0.135 e. The Morgan fingerprint density at radius 2 is 1.82 bits per heavy atom. The first-order valence-corrected chi connectivity index (χ1v) is 12.6. The van der Waals surface area contributed by atoms with Crippen LogP contribution in [0.5, 0.6) is 5.75 Å². The molecular formula is C29H24FN7O. The molecule has 1 aromatic carbocycles. The maximum atomic E-state index is 14.0. The Morgan fingerprint density at radius 1 is 0.921 bits per heavy atom. The zero-order chi connectivity index (χ0) is 25.6. The zero-order valence-corrected chi connectivity index (χ0v) is 20.4. The third-order valence-electron chi connectivity index (χ3n) is 7.06. The standard InChI is InChI=1S/C29H24FN7O/c30-20-10-18(11-21(38)12-20)27-22-13-26(33-24(22)5-6-32-27)29-28-25(35-36-29)4-3-23(34-28)19-9-17(14-31-15-19)16-37-7-1-2-8-37/h3-6,9-15,33,38H,1-2,7-8,16H2,(H,35,36). The van der Waals surface area contributed by atoms with E-state index < -0.39 is 5.82 Å². The van der Waals surface area contributed by atoms with E-state index in [1.165, 1.54) is 30.5 Å². The van der Waals surface area contributed by atoms with E-state index in [2.05, 4.69) is 36.1 Å². The summed E-state index contributed by atoms with van der Waals surface area (Å²) in [6, 6.07) is 13.8. The smallest absolute Gasteiger partial charge is 0.135 e. The minimum Gasteiger partial charge on any atom is -0.508 e. The van der Waals surface area contributed by atoms with Gasteiger partial charge in [0.2, 0.25) is 0 Å². The fourth-order valence-electron chi connectivity index (χ4n) is 5.28. The average molecular weight is 506 g/mol. The van der Waals surface area contributed by atoms with Gasteiger partial charge in [0, 0.05) is 53.2 Å². The molecule has 5 aromatic heterocycles. The van der Waals surface area contributed by atoms with Crippen molar-refractivity contribution in [2.45, 2.75) is 19.4 Å². The number of nitrogens with one attached hydrogen (secondary N) is 2. The highest BCUT2D eigenvalue weighted by atomic mass is 19.1. The summed E-state index contributed by atoms with van der Waals surface area (Å²) in [6.07, 6.45) is 7.94. The lowest BCUT2D eigenvalue weighted by molar-refractivity contribution is 0.331. The molecule has 8 nitrogen and oxygen atoms in total. The number of benzene rings is 1. The SMILES string of the molecule is Oc1cc(F)cc(-c2nccc3[nH]c(-c4n[nH]c5ccc(-c6cncc(CN7CCCC7)c6)nc45)cc23)c1. The summed E-state index contributed by atoms with van der Waals surface area (Å²) in [5, 5.41) is 18.3. The van der Waals surface area contributed by atoms with Gasteiger partial charge in [-0.1, -0.05) is 0 Å². The Hall–Kier alpha value is -4.63. The molecule has 7 rings (SSSR count). The van der Waals surface area contributed by atoms with Gasteiger partial charge in [-0.15, -0.1) is 0 Å². The predicted octanol–water partition coefficient (Wildman–Crippen LogP) is 5.67. The van der Waals surface area contributed by atoms with Gasteiger partial charge in [0.05, 0.1) is 22.6 Å². The van der Waals surface area contributed by atoms with Crippen LogP contribution in [-0.2, 0) is 6.54 Å². The fourth-order valence-corrected chi connectivity index (χ4v) is 5.28. The number of hydrogen-bond acceptors (Lipinski definition) is 6. The molecule has 0 bridgehead atoms. The predicted molar refractivity (Wildman–Crippen MR) is 144 cm³/mol. The van der Waals surface area contributed by atoms with Crippen LogP contribution in [0, 0.1) is 5.82 Å². The minimum atomic E-state index is -0.524. The first-order valence-electron chi connectivity index (χ1n) is 12.6. The van der Waals surface area contributed by atoms with Gasteiger partial charge >= 0.3 is 0 Å². The lowest BCUT2D eigenvalue weighted by atomic mass is 10.1. The highest BCUT2D eigenvalue weighted by Gasteiger charge is 2.17. The summed E-state index contributed by atoms with van der Waals surface area (Å²) < 4.78 is 14.0. The number of hydrogen-bond donors (Lipinski definition) is 3. The molecule has 0 saturated carbocycles. The average Bonchev–Trinajstić information content (AvgIpc) is 3.67. The number of likely N-dealkylation sites (tertiary alicyclic amines) is 1. The van der Waals surface area contributed by atoms with Crippen molar-refractivity contribution in [1.82, 2.24) is 35.0 Å². The van der Waals surface area contributed by atoms with Crippen LogP contribution in [0.4, 0.5) is 4.39 Å². The van der Waals surface area contributed by atoms with Crippen molar-refractivity contribution in [1.29, 1.82) is 0 Å². The summed E-state index contributed by atoms with van der Waals surface area (Å²) >= 11 is 0. The van der Waals surface area contributed by atoms with Crippen molar-refractivity contribution < 1.29 is 9.50 Å². The second kappa shape index (κ2) is 9.04. The monoisotopic (exact) mass is 505 g/mol. The lowest BCUT2D eigenvalue weighted by Crippen LogP contribution is -2.18. The summed E-state index contributed by atoms with van der Waals surface area (Å²) in [5.41, 5.74) is 7.82. The number of rotatable bonds is 5. The Morgan fingerprint density at radius 3 is 2.68 bits per heavy atom. The fraction of sp³-hybridized carbons (Fsp3) is 0.172. The van der Waals surface area contributed by atoms with Crippen LogP contribution in [0.2, 0.25) is 0 Å². The first-order chi connectivity index (χ1) is 18.6. The number of aromatic amines is 2. The Labute approximate surface area is 217 Å². The Kier molecular flexibility index (Phi) is 5.36. The quantitative estimate of drug-likeness (QED) is 0.279. The summed E-state index contributed by atoms with van der Waals surface area (Å²) in [6.45, 7) is 3.17. The zero-order valence-electron chi connectivity index (χ0n) is 20.4. The molecule has 0 unspecified atom stereocenters. The number of phenols is 1. The molecule has 188 valence electrons. The molecule has 1 fully saturated rings. The van der Waals surface area contributed by atoms with Gasteiger partial charge in [0.25, 0.3) is 0 Å². The maximum absolute atomic E-state index is 14.0. The molecule has 0 atom stereocenters. The molecule has 6 heterocycles. The molecule has 1 aliphatic heterocycles. The second-order valence-corrected chi connectivity index (χ2v) is 9.73. The van der Waals surface area contributed by atoms with E-state index in [0.29, 0.717) is 17.0 Å². The van der Waals surface area contributed by atoms with E-state index in [1.807, 2.05) is 36.7 Å². The van der Waals surface area contributed by atoms with Crippen molar-refractivity contribution in [3.63, 3.8) is 0 Å². The third kappa shape index (κ3) is 4.06. The molecule has 0 radical (unpaired) electrons. The number of aromatic nitrogens is 6. The molecule has 6 aromatic rings. The first kappa shape index (κ1) is 22.6. The summed E-state index contributed by atoms with van der Waals surface area (Å²) in [7, 11) is 0. The van der Waals surface area contributed by atoms with E-state index in [1.54, 1.807) is 6.20 Å². The van der Waals surface area contributed by atoms with E-state index in [9.17, 15) is 9.50 Å². The summed E-state index contributed by atoms with van der Waals surface area (Å²) in [4.78, 5) is 19.8. The molecule has 0 aliphatic carbocycles. The van der Waals surface area contributed by atoms with Crippen LogP contribution in [0.25, 0.3) is 55.8 Å². The van der Waals surface area contributed by atoms with Gasteiger partial charge < -0.3 is 10.1 Å². The van der Waals surface area contributed by atoms with Crippen LogP contribution in [0.3, 0.4) is 0 Å². The lowest BCUT2D eigenvalue weighted by Gasteiger charge is -2.14. The van der Waals surface area contributed by atoms with Crippen molar-refractivity contribution in [3.8, 4) is 39.7 Å². The van der Waals surface area contributed by atoms with Gasteiger partial charge in [0.1, 0.15) is 22.8 Å². The minimum absolute atomic E-state index is 0.149. The van der Waals surface area contributed by atoms with Gasteiger partial charge in [-0.05, 0) is 74.0 Å². The number of nitrogens with zero attached hydrogens (tertiary/aromatic N) is 5. The van der Waals surface area contributed by atoms with Crippen molar-refractivity contribution in [2.24, 2.45) is 0 Å². The van der Waals surface area contributed by atoms with Gasteiger partial charge in [-0.3, -0.25) is 20.0 Å². The van der Waals surface area contributed by atoms with E-state index in [-0.39, 0.29) is 5.75 Å². The second-order valence-electron chi connectivity index (χ2n) is 9.73. The molecular weight excluding hydrogens is 481 g/mol. The van der Waals surface area contributed by atoms with Gasteiger partial charge in [0.15, 0.2) is 0 Å². The van der Waals surface area contributed by atoms with E-state index >= 15 is 0 Å². The van der Waals surface area contributed by atoms with E-state index in [4.69, 9.17) is 4.98 Å². The molecule has 3 N–H and O–H groups in total. The molecule has 0 amide bonds. The van der Waals surface area contributed by atoms with E-state index in [0.717, 1.165) is 64.6 Å². The van der Waals surface area contributed by atoms with Crippen LogP contribution in [-0.4, -0.2) is 53.2 Å². The summed E-state index contributed by atoms with van der Waals surface area (Å²) in [5.74, 6) is -0.674. The van der Waals surface area contributed by atoms with Crippen LogP contribution < -0.4 is 0 Å². The molecule has 38 heavy (non-hydrogen) atoms. The topological polar surface area (TPSA) is 107 Å². The van der Waals surface area contributed by atoms with Crippen molar-refractivity contribution in [2.75, 3.05) is 13.1 Å². The van der Waals surface area contributed by atoms with Crippen LogP contribution >= 0.6 is 0 Å². The highest BCUT2D eigenvalue weighted by Crippen LogP contribution is 2.34. The normalized spacial score (nSPS) is 14.1. The van der Waals surface area contributed by atoms with Crippen LogP contribution in [0.1, 0.15) is 18.4 Å². The Bertz CT molecular complexity index is 1780. The number of fused-ring (bicyclic) bond motifs is 2. The number of halogens is 1. The van der Waals surface area contributed by atoms with Gasteiger partial charge in [-0.25, -0.2) is 9.37 Å². The third-order valence-corrected chi connectivity index (χ3v) is 7.06. The van der Waals surface area contributed by atoms with Crippen molar-refractivity contribution in [3.05, 3.63) is 78.5 Å². The Balaban J connectivity index is 1.28. The molecule has 9 heteroatoms. The number of phenolic OH excluding ortho intramolecular Hbond substituents is 1. The molecule has 1 aliphatic rings. The molecule has 0 spiro atoms. The van der Waals surface area contributed by atoms with Gasteiger partial charge in [-0.2, -0.15) is 5.10 Å². The number of H-pyrrole nitrogens is 2. The van der Waals surface area contributed by atoms with Crippen LogP contribution in [0.15, 0.2) is 67.1 Å². The highest BCUT2D eigenvalue weighted by molar-refractivity contribution is 5.99. The number of pyridine rings is 3. The number of aromatic hydroxyl groups is 1. The largest absolute Gasteiger partial charge is 0.508 e.